The number of hydrogen-bond acceptors (Lipinski definition) is 6. The van der Waals surface area contributed by atoms with E-state index in [-0.39, 0.29) is 19.1 Å². The molecule has 9 heteroatoms. The Morgan fingerprint density at radius 3 is 2.65 bits per heavy atom. The number of pyridine rings is 2. The first-order chi connectivity index (χ1) is 15.1. The predicted molar refractivity (Wildman–Crippen MR) is 111 cm³/mol. The SMILES string of the molecule is FC1(F)CN(C2CCN(c3ccc(-n4cc5c(n4)-c4cccnc4OC5)cn3)CC2)C1. The molecule has 0 amide bonds. The number of halogens is 2. The summed E-state index contributed by atoms with van der Waals surface area (Å²) < 4.78 is 33.8. The number of ether oxygens (including phenoxy) is 1. The van der Waals surface area contributed by atoms with Gasteiger partial charge in [0, 0.05) is 37.1 Å². The van der Waals surface area contributed by atoms with Crippen LogP contribution < -0.4 is 9.64 Å². The number of aromatic nitrogens is 4. The van der Waals surface area contributed by atoms with Crippen LogP contribution in [0.5, 0.6) is 5.88 Å². The first kappa shape index (κ1) is 18.7. The summed E-state index contributed by atoms with van der Waals surface area (Å²) in [6.07, 6.45) is 7.28. The average Bonchev–Trinajstić information content (AvgIpc) is 3.23. The third kappa shape index (κ3) is 3.33. The first-order valence-electron chi connectivity index (χ1n) is 10.6. The van der Waals surface area contributed by atoms with Crippen molar-refractivity contribution < 1.29 is 13.5 Å². The van der Waals surface area contributed by atoms with E-state index in [4.69, 9.17) is 9.84 Å². The van der Waals surface area contributed by atoms with Crippen LogP contribution >= 0.6 is 0 Å². The van der Waals surface area contributed by atoms with Gasteiger partial charge in [-0.15, -0.1) is 0 Å². The summed E-state index contributed by atoms with van der Waals surface area (Å²) >= 11 is 0. The highest BCUT2D eigenvalue weighted by molar-refractivity contribution is 5.69. The molecule has 6 heterocycles. The third-order valence-electron chi connectivity index (χ3n) is 6.35. The molecular weight excluding hydrogens is 402 g/mol. The number of hydrogen-bond donors (Lipinski definition) is 0. The van der Waals surface area contributed by atoms with Crippen LogP contribution in [0.4, 0.5) is 14.6 Å². The molecular formula is C22H22F2N6O. The fraction of sp³-hybridized carbons (Fsp3) is 0.409. The molecule has 3 aliphatic rings. The van der Waals surface area contributed by atoms with Crippen molar-refractivity contribution in [2.24, 2.45) is 0 Å². The number of rotatable bonds is 3. The molecule has 0 bridgehead atoms. The summed E-state index contributed by atoms with van der Waals surface area (Å²) in [5.41, 5.74) is 3.68. The molecule has 31 heavy (non-hydrogen) atoms. The van der Waals surface area contributed by atoms with Crippen molar-refractivity contribution in [2.45, 2.75) is 31.4 Å². The van der Waals surface area contributed by atoms with E-state index >= 15 is 0 Å². The van der Waals surface area contributed by atoms with E-state index in [9.17, 15) is 8.78 Å². The summed E-state index contributed by atoms with van der Waals surface area (Å²) in [5, 5.41) is 4.74. The summed E-state index contributed by atoms with van der Waals surface area (Å²) in [5.74, 6) is -0.977. The second kappa shape index (κ2) is 6.98. The Kier molecular flexibility index (Phi) is 4.21. The monoisotopic (exact) mass is 424 g/mol. The van der Waals surface area contributed by atoms with Gasteiger partial charge in [-0.05, 0) is 37.1 Å². The summed E-state index contributed by atoms with van der Waals surface area (Å²) in [4.78, 5) is 13.0. The van der Waals surface area contributed by atoms with Crippen LogP contribution in [0.2, 0.25) is 0 Å². The smallest absolute Gasteiger partial charge is 0.272 e. The van der Waals surface area contributed by atoms with Crippen molar-refractivity contribution >= 4 is 5.82 Å². The van der Waals surface area contributed by atoms with Crippen molar-refractivity contribution in [3.05, 3.63) is 48.4 Å². The lowest BCUT2D eigenvalue weighted by Crippen LogP contribution is -2.61. The van der Waals surface area contributed by atoms with Gasteiger partial charge in [0.2, 0.25) is 5.88 Å². The molecule has 0 saturated carbocycles. The molecule has 3 aromatic rings. The molecule has 0 unspecified atom stereocenters. The van der Waals surface area contributed by atoms with Crippen LogP contribution in [0.25, 0.3) is 16.9 Å². The molecule has 2 fully saturated rings. The molecule has 0 atom stereocenters. The number of nitrogens with zero attached hydrogens (tertiary/aromatic N) is 6. The number of fused-ring (bicyclic) bond motifs is 3. The fourth-order valence-corrected chi connectivity index (χ4v) is 4.67. The maximum absolute atomic E-state index is 13.1. The number of likely N-dealkylation sites (tertiary alicyclic amines) is 1. The Balaban J connectivity index is 1.15. The van der Waals surface area contributed by atoms with E-state index < -0.39 is 5.92 Å². The quantitative estimate of drug-likeness (QED) is 0.644. The van der Waals surface area contributed by atoms with Crippen molar-refractivity contribution in [3.8, 4) is 22.8 Å². The number of alkyl halides is 2. The minimum Gasteiger partial charge on any atom is -0.472 e. The number of anilines is 1. The largest absolute Gasteiger partial charge is 0.472 e. The Hall–Kier alpha value is -3.07. The van der Waals surface area contributed by atoms with E-state index in [1.807, 2.05) is 46.2 Å². The Bertz CT molecular complexity index is 1100. The molecule has 3 aliphatic heterocycles. The third-order valence-corrected chi connectivity index (χ3v) is 6.35. The van der Waals surface area contributed by atoms with Crippen molar-refractivity contribution in [1.29, 1.82) is 0 Å². The molecule has 3 aromatic heterocycles. The lowest BCUT2D eigenvalue weighted by atomic mass is 9.98. The van der Waals surface area contributed by atoms with E-state index in [1.54, 1.807) is 6.20 Å². The van der Waals surface area contributed by atoms with Gasteiger partial charge >= 0.3 is 0 Å². The normalized spacial score (nSPS) is 20.5. The molecule has 6 rings (SSSR count). The van der Waals surface area contributed by atoms with Gasteiger partial charge in [0.25, 0.3) is 5.92 Å². The van der Waals surface area contributed by atoms with Crippen LogP contribution in [-0.4, -0.2) is 62.8 Å². The Morgan fingerprint density at radius 1 is 1.06 bits per heavy atom. The molecule has 0 N–H and O–H groups in total. The van der Waals surface area contributed by atoms with Crippen molar-refractivity contribution in [1.82, 2.24) is 24.6 Å². The predicted octanol–water partition coefficient (Wildman–Crippen LogP) is 3.14. The average molecular weight is 424 g/mol. The van der Waals surface area contributed by atoms with Crippen LogP contribution in [0.15, 0.2) is 42.9 Å². The first-order valence-corrected chi connectivity index (χ1v) is 10.6. The lowest BCUT2D eigenvalue weighted by Gasteiger charge is -2.46. The highest BCUT2D eigenvalue weighted by atomic mass is 19.3. The van der Waals surface area contributed by atoms with E-state index in [0.29, 0.717) is 12.5 Å². The van der Waals surface area contributed by atoms with E-state index in [1.165, 1.54) is 0 Å². The van der Waals surface area contributed by atoms with Crippen LogP contribution in [0.3, 0.4) is 0 Å². The van der Waals surface area contributed by atoms with Gasteiger partial charge in [-0.3, -0.25) is 4.90 Å². The second-order valence-electron chi connectivity index (χ2n) is 8.45. The highest BCUT2D eigenvalue weighted by Crippen LogP contribution is 2.35. The molecule has 0 aliphatic carbocycles. The minimum atomic E-state index is -2.50. The molecule has 0 spiro atoms. The number of piperidine rings is 1. The van der Waals surface area contributed by atoms with Crippen LogP contribution in [-0.2, 0) is 6.61 Å². The summed E-state index contributed by atoms with van der Waals surface area (Å²) in [6.45, 7) is 1.92. The maximum atomic E-state index is 13.1. The van der Waals surface area contributed by atoms with Gasteiger partial charge in [0.15, 0.2) is 0 Å². The maximum Gasteiger partial charge on any atom is 0.272 e. The van der Waals surface area contributed by atoms with Gasteiger partial charge in [-0.1, -0.05) is 0 Å². The fourth-order valence-electron chi connectivity index (χ4n) is 4.67. The molecule has 160 valence electrons. The minimum absolute atomic E-state index is 0.0932. The molecule has 0 radical (unpaired) electrons. The molecule has 0 aromatic carbocycles. The van der Waals surface area contributed by atoms with Crippen molar-refractivity contribution in [2.75, 3.05) is 31.1 Å². The van der Waals surface area contributed by atoms with Gasteiger partial charge in [0.05, 0.1) is 30.5 Å². The summed E-state index contributed by atoms with van der Waals surface area (Å²) in [6, 6.07) is 8.10. The van der Waals surface area contributed by atoms with Crippen molar-refractivity contribution in [3.63, 3.8) is 0 Å². The molecule has 7 nitrogen and oxygen atoms in total. The van der Waals surface area contributed by atoms with Gasteiger partial charge in [-0.25, -0.2) is 23.4 Å². The molecule has 2 saturated heterocycles. The zero-order valence-electron chi connectivity index (χ0n) is 16.9. The Morgan fingerprint density at radius 2 is 1.90 bits per heavy atom. The van der Waals surface area contributed by atoms with Gasteiger partial charge in [0.1, 0.15) is 18.1 Å². The van der Waals surface area contributed by atoms with Gasteiger partial charge < -0.3 is 9.64 Å². The second-order valence-corrected chi connectivity index (χ2v) is 8.45. The lowest BCUT2D eigenvalue weighted by molar-refractivity contribution is -0.148. The topological polar surface area (TPSA) is 59.3 Å². The van der Waals surface area contributed by atoms with E-state index in [0.717, 1.165) is 54.3 Å². The van der Waals surface area contributed by atoms with E-state index in [2.05, 4.69) is 14.9 Å². The zero-order chi connectivity index (χ0) is 21.0. The van der Waals surface area contributed by atoms with Gasteiger partial charge in [-0.2, -0.15) is 5.10 Å². The Labute approximate surface area is 178 Å². The standard InChI is InChI=1S/C22H22F2N6O/c23-22(24)13-29(14-22)16-5-8-28(9-6-16)19-4-3-17(10-26-19)30-11-15-12-31-21-18(20(15)27-30)2-1-7-25-21/h1-4,7,10-11,16H,5-6,8-9,12-14H2. The van der Waals surface area contributed by atoms with Crippen LogP contribution in [0, 0.1) is 0 Å². The highest BCUT2D eigenvalue weighted by Gasteiger charge is 2.46. The summed E-state index contributed by atoms with van der Waals surface area (Å²) in [7, 11) is 0. The zero-order valence-corrected chi connectivity index (χ0v) is 16.9. The van der Waals surface area contributed by atoms with Crippen LogP contribution in [0.1, 0.15) is 18.4 Å².